The van der Waals surface area contributed by atoms with Crippen LogP contribution < -0.4 is 5.32 Å². The minimum absolute atomic E-state index is 0.0751. The lowest BCUT2D eigenvalue weighted by Crippen LogP contribution is -2.47. The average molecular weight is 195 g/mol. The Morgan fingerprint density at radius 3 is 3.07 bits per heavy atom. The van der Waals surface area contributed by atoms with E-state index in [9.17, 15) is 0 Å². The summed E-state index contributed by atoms with van der Waals surface area (Å²) in [6.07, 6.45) is 3.09. The first-order valence-corrected chi connectivity index (χ1v) is 5.23. The molecule has 0 spiro atoms. The first-order chi connectivity index (χ1) is 6.81. The van der Waals surface area contributed by atoms with Crippen LogP contribution >= 0.6 is 0 Å². The van der Waals surface area contributed by atoms with Gasteiger partial charge in [-0.05, 0) is 25.5 Å². The largest absolute Gasteiger partial charge is 0.467 e. The van der Waals surface area contributed by atoms with Crippen molar-refractivity contribution in [3.05, 3.63) is 24.2 Å². The maximum absolute atomic E-state index is 5.94. The van der Waals surface area contributed by atoms with Gasteiger partial charge >= 0.3 is 0 Å². The molecule has 1 aromatic heterocycles. The summed E-state index contributed by atoms with van der Waals surface area (Å²) in [6, 6.07) is 4.30. The Kier molecular flexibility index (Phi) is 2.89. The van der Waals surface area contributed by atoms with Crippen LogP contribution in [0.1, 0.15) is 32.1 Å². The maximum atomic E-state index is 5.94. The number of hydrogen-bond donors (Lipinski definition) is 1. The van der Waals surface area contributed by atoms with E-state index in [4.69, 9.17) is 9.15 Å². The van der Waals surface area contributed by atoms with Crippen molar-refractivity contribution in [3.63, 3.8) is 0 Å². The lowest BCUT2D eigenvalue weighted by atomic mass is 10.1. The Morgan fingerprint density at radius 2 is 2.43 bits per heavy atom. The molecule has 3 nitrogen and oxygen atoms in total. The van der Waals surface area contributed by atoms with Crippen LogP contribution in [0.15, 0.2) is 22.8 Å². The first-order valence-electron chi connectivity index (χ1n) is 5.23. The van der Waals surface area contributed by atoms with Crippen LogP contribution in [-0.4, -0.2) is 18.7 Å². The summed E-state index contributed by atoms with van der Waals surface area (Å²) in [5.74, 6) is 0.919. The molecule has 3 heteroatoms. The number of morpholine rings is 1. The summed E-state index contributed by atoms with van der Waals surface area (Å²) in [5, 5.41) is 3.44. The predicted octanol–water partition coefficient (Wildman–Crippen LogP) is 2.11. The van der Waals surface area contributed by atoms with E-state index in [0.717, 1.165) is 18.7 Å². The highest BCUT2D eigenvalue weighted by molar-refractivity contribution is 5.04. The fraction of sp³-hybridized carbons (Fsp3) is 0.636. The van der Waals surface area contributed by atoms with E-state index in [1.54, 1.807) is 6.26 Å². The molecule has 0 amide bonds. The molecule has 2 heterocycles. The second-order valence-electron chi connectivity index (χ2n) is 3.78. The fourth-order valence-corrected chi connectivity index (χ4v) is 1.89. The van der Waals surface area contributed by atoms with E-state index in [2.05, 4.69) is 19.2 Å². The number of ether oxygens (including phenoxy) is 1. The zero-order chi connectivity index (χ0) is 9.97. The Morgan fingerprint density at radius 1 is 1.57 bits per heavy atom. The quantitative estimate of drug-likeness (QED) is 0.784. The molecule has 78 valence electrons. The summed E-state index contributed by atoms with van der Waals surface area (Å²) in [7, 11) is 0. The molecule has 1 fully saturated rings. The van der Waals surface area contributed by atoms with Crippen molar-refractivity contribution in [3.8, 4) is 0 Å². The molecule has 1 aliphatic rings. The third-order valence-corrected chi connectivity index (χ3v) is 2.78. The Labute approximate surface area is 84.4 Å². The van der Waals surface area contributed by atoms with Crippen LogP contribution in [0, 0.1) is 0 Å². The highest BCUT2D eigenvalue weighted by Crippen LogP contribution is 2.24. The van der Waals surface area contributed by atoms with E-state index in [1.165, 1.54) is 0 Å². The van der Waals surface area contributed by atoms with Gasteiger partial charge in [0.25, 0.3) is 0 Å². The minimum atomic E-state index is 0.0751. The zero-order valence-corrected chi connectivity index (χ0v) is 8.69. The van der Waals surface area contributed by atoms with Gasteiger partial charge in [-0.2, -0.15) is 0 Å². The first kappa shape index (κ1) is 9.74. The molecule has 0 saturated carbocycles. The summed E-state index contributed by atoms with van der Waals surface area (Å²) in [4.78, 5) is 0. The lowest BCUT2D eigenvalue weighted by Gasteiger charge is -2.34. The summed E-state index contributed by atoms with van der Waals surface area (Å²) >= 11 is 0. The van der Waals surface area contributed by atoms with Crippen LogP contribution in [-0.2, 0) is 4.74 Å². The molecule has 14 heavy (non-hydrogen) atoms. The molecule has 1 aromatic rings. The lowest BCUT2D eigenvalue weighted by molar-refractivity contribution is -0.0705. The van der Waals surface area contributed by atoms with Gasteiger partial charge in [-0.15, -0.1) is 0 Å². The Balaban J connectivity index is 2.03. The van der Waals surface area contributed by atoms with Gasteiger partial charge in [0.1, 0.15) is 11.9 Å². The molecule has 2 rings (SSSR count). The molecule has 0 aliphatic carbocycles. The van der Waals surface area contributed by atoms with Crippen LogP contribution in [0.4, 0.5) is 0 Å². The van der Waals surface area contributed by atoms with Crippen LogP contribution in [0.25, 0.3) is 0 Å². The smallest absolute Gasteiger partial charge is 0.133 e. The van der Waals surface area contributed by atoms with Gasteiger partial charge in [-0.1, -0.05) is 6.92 Å². The minimum Gasteiger partial charge on any atom is -0.467 e. The van der Waals surface area contributed by atoms with Crippen molar-refractivity contribution in [1.82, 2.24) is 5.32 Å². The molecule has 0 bridgehead atoms. The summed E-state index contributed by atoms with van der Waals surface area (Å²) < 4.78 is 11.3. The van der Waals surface area contributed by atoms with Gasteiger partial charge in [-0.25, -0.2) is 0 Å². The second-order valence-corrected chi connectivity index (χ2v) is 3.78. The van der Waals surface area contributed by atoms with Crippen molar-refractivity contribution in [2.24, 2.45) is 0 Å². The summed E-state index contributed by atoms with van der Waals surface area (Å²) in [5.41, 5.74) is 0. The van der Waals surface area contributed by atoms with Crippen molar-refractivity contribution < 1.29 is 9.15 Å². The summed E-state index contributed by atoms with van der Waals surface area (Å²) in [6.45, 7) is 5.14. The van der Waals surface area contributed by atoms with Crippen LogP contribution in [0.5, 0.6) is 0 Å². The molecular weight excluding hydrogens is 178 g/mol. The third-order valence-electron chi connectivity index (χ3n) is 2.78. The Hall–Kier alpha value is -0.800. The number of rotatable bonds is 2. The van der Waals surface area contributed by atoms with Crippen LogP contribution in [0.2, 0.25) is 0 Å². The molecule has 0 aromatic carbocycles. The predicted molar refractivity (Wildman–Crippen MR) is 54.1 cm³/mol. The second kappa shape index (κ2) is 4.15. The van der Waals surface area contributed by atoms with Crippen molar-refractivity contribution >= 4 is 0 Å². The van der Waals surface area contributed by atoms with E-state index >= 15 is 0 Å². The Bertz CT molecular complexity index is 271. The van der Waals surface area contributed by atoms with Gasteiger partial charge in [0, 0.05) is 12.6 Å². The maximum Gasteiger partial charge on any atom is 0.133 e. The van der Waals surface area contributed by atoms with E-state index < -0.39 is 0 Å². The number of nitrogens with one attached hydrogen (secondary N) is 1. The molecule has 1 aliphatic heterocycles. The van der Waals surface area contributed by atoms with Gasteiger partial charge < -0.3 is 14.5 Å². The SMILES string of the molecule is CCC1OC(c2ccco2)CNC1C. The highest BCUT2D eigenvalue weighted by atomic mass is 16.5. The molecule has 3 unspecified atom stereocenters. The fourth-order valence-electron chi connectivity index (χ4n) is 1.89. The average Bonchev–Trinajstić information content (AvgIpc) is 2.71. The number of hydrogen-bond acceptors (Lipinski definition) is 3. The van der Waals surface area contributed by atoms with Gasteiger partial charge in [-0.3, -0.25) is 0 Å². The molecule has 3 atom stereocenters. The molecule has 1 N–H and O–H groups in total. The van der Waals surface area contributed by atoms with E-state index in [-0.39, 0.29) is 6.10 Å². The molecule has 1 saturated heterocycles. The van der Waals surface area contributed by atoms with Gasteiger partial charge in [0.2, 0.25) is 0 Å². The van der Waals surface area contributed by atoms with E-state index in [1.807, 2.05) is 12.1 Å². The van der Waals surface area contributed by atoms with Gasteiger partial charge in [0.05, 0.1) is 12.4 Å². The topological polar surface area (TPSA) is 34.4 Å². The molecule has 0 radical (unpaired) electrons. The van der Waals surface area contributed by atoms with Crippen molar-refractivity contribution in [1.29, 1.82) is 0 Å². The molecular formula is C11H17NO2. The van der Waals surface area contributed by atoms with Crippen LogP contribution in [0.3, 0.4) is 0 Å². The third kappa shape index (κ3) is 1.83. The van der Waals surface area contributed by atoms with Crippen molar-refractivity contribution in [2.75, 3.05) is 6.54 Å². The monoisotopic (exact) mass is 195 g/mol. The standard InChI is InChI=1S/C11H17NO2/c1-3-9-8(2)12-7-11(14-9)10-5-4-6-13-10/h4-6,8-9,11-12H,3,7H2,1-2H3. The van der Waals surface area contributed by atoms with Gasteiger partial charge in [0.15, 0.2) is 0 Å². The van der Waals surface area contributed by atoms with E-state index in [0.29, 0.717) is 12.1 Å². The normalized spacial score (nSPS) is 33.1. The zero-order valence-electron chi connectivity index (χ0n) is 8.69. The highest BCUT2D eigenvalue weighted by Gasteiger charge is 2.28. The number of furan rings is 1. The van der Waals surface area contributed by atoms with Crippen molar-refractivity contribution in [2.45, 2.75) is 38.5 Å².